The quantitative estimate of drug-likeness (QED) is 0.437. The van der Waals surface area contributed by atoms with Crippen molar-refractivity contribution in [1.82, 2.24) is 5.01 Å². The number of benzene rings is 2. The highest BCUT2D eigenvalue weighted by atomic mass is 79.9. The molecule has 4 rings (SSSR count). The molecule has 0 bridgehead atoms. The van der Waals surface area contributed by atoms with Gasteiger partial charge in [0.2, 0.25) is 0 Å². The Morgan fingerprint density at radius 1 is 1.00 bits per heavy atom. The normalized spacial score (nSPS) is 15.2. The molecule has 0 saturated heterocycles. The van der Waals surface area contributed by atoms with Crippen LogP contribution in [0.25, 0.3) is 0 Å². The molecule has 8 nitrogen and oxygen atoms in total. The SMILES string of the molecule is COc1ccc(C2=NN(C(=O)c3ccc(Br)o3)[C@H](c3cccc(OC)c3OC)C2)c(OC)c1. The molecule has 0 saturated carbocycles. The van der Waals surface area contributed by atoms with E-state index < -0.39 is 6.04 Å². The zero-order valence-electron chi connectivity index (χ0n) is 18.6. The van der Waals surface area contributed by atoms with E-state index in [4.69, 9.17) is 28.5 Å². The van der Waals surface area contributed by atoms with Crippen LogP contribution in [0.2, 0.25) is 0 Å². The van der Waals surface area contributed by atoms with Gasteiger partial charge < -0.3 is 23.4 Å². The molecule has 2 heterocycles. The first-order valence-corrected chi connectivity index (χ1v) is 10.9. The summed E-state index contributed by atoms with van der Waals surface area (Å²) in [6, 6.07) is 13.9. The summed E-state index contributed by atoms with van der Waals surface area (Å²) in [7, 11) is 6.32. The Bertz CT molecular complexity index is 1210. The maximum Gasteiger partial charge on any atom is 0.310 e. The Hall–Kier alpha value is -3.46. The van der Waals surface area contributed by atoms with Crippen molar-refractivity contribution in [3.8, 4) is 23.0 Å². The van der Waals surface area contributed by atoms with Gasteiger partial charge in [0.05, 0.1) is 40.2 Å². The lowest BCUT2D eigenvalue weighted by Crippen LogP contribution is -2.27. The number of para-hydroxylation sites is 1. The van der Waals surface area contributed by atoms with Gasteiger partial charge in [0, 0.05) is 23.6 Å². The topological polar surface area (TPSA) is 82.7 Å². The fourth-order valence-electron chi connectivity index (χ4n) is 3.86. The number of ether oxygens (including phenoxy) is 4. The summed E-state index contributed by atoms with van der Waals surface area (Å²) < 4.78 is 28.0. The number of hydrogen-bond donors (Lipinski definition) is 0. The minimum absolute atomic E-state index is 0.167. The van der Waals surface area contributed by atoms with E-state index >= 15 is 0 Å². The molecule has 0 radical (unpaired) electrons. The average molecular weight is 515 g/mol. The minimum atomic E-state index is -0.451. The van der Waals surface area contributed by atoms with E-state index in [2.05, 4.69) is 15.9 Å². The number of carbonyl (C=O) groups excluding carboxylic acids is 1. The Kier molecular flexibility index (Phi) is 6.60. The third-order valence-electron chi connectivity index (χ3n) is 5.41. The summed E-state index contributed by atoms with van der Waals surface area (Å²) in [6.45, 7) is 0. The molecule has 1 atom stereocenters. The van der Waals surface area contributed by atoms with Crippen molar-refractivity contribution in [3.05, 3.63) is 70.1 Å². The highest BCUT2D eigenvalue weighted by Crippen LogP contribution is 2.43. The number of methoxy groups -OCH3 is 4. The average Bonchev–Trinajstić information content (AvgIpc) is 3.49. The molecule has 1 aliphatic rings. The van der Waals surface area contributed by atoms with Crippen LogP contribution in [0, 0.1) is 0 Å². The Labute approximate surface area is 199 Å². The van der Waals surface area contributed by atoms with Gasteiger partial charge in [-0.3, -0.25) is 4.79 Å². The van der Waals surface area contributed by atoms with Crippen LogP contribution < -0.4 is 18.9 Å². The molecular weight excluding hydrogens is 492 g/mol. The van der Waals surface area contributed by atoms with E-state index in [9.17, 15) is 4.79 Å². The molecule has 1 aromatic heterocycles. The number of hydrogen-bond acceptors (Lipinski definition) is 7. The number of rotatable bonds is 7. The number of carbonyl (C=O) groups is 1. The number of amides is 1. The van der Waals surface area contributed by atoms with Gasteiger partial charge in [-0.15, -0.1) is 0 Å². The smallest absolute Gasteiger partial charge is 0.310 e. The van der Waals surface area contributed by atoms with Gasteiger partial charge in [0.25, 0.3) is 0 Å². The molecule has 0 spiro atoms. The van der Waals surface area contributed by atoms with E-state index in [1.165, 1.54) is 5.01 Å². The highest BCUT2D eigenvalue weighted by molar-refractivity contribution is 9.10. The second-order valence-electron chi connectivity index (χ2n) is 7.17. The molecule has 9 heteroatoms. The van der Waals surface area contributed by atoms with Gasteiger partial charge >= 0.3 is 5.91 Å². The van der Waals surface area contributed by atoms with E-state index in [1.807, 2.05) is 24.3 Å². The molecule has 1 amide bonds. The fourth-order valence-corrected chi connectivity index (χ4v) is 4.16. The lowest BCUT2D eigenvalue weighted by molar-refractivity contribution is 0.0675. The molecule has 1 aliphatic heterocycles. The molecule has 0 fully saturated rings. The zero-order chi connectivity index (χ0) is 23.5. The monoisotopic (exact) mass is 514 g/mol. The summed E-state index contributed by atoms with van der Waals surface area (Å²) >= 11 is 3.25. The van der Waals surface area contributed by atoms with Crippen LogP contribution in [0.1, 0.15) is 34.1 Å². The zero-order valence-corrected chi connectivity index (χ0v) is 20.2. The molecule has 2 aromatic carbocycles. The molecule has 0 unspecified atom stereocenters. The first kappa shape index (κ1) is 22.7. The van der Waals surface area contributed by atoms with Crippen molar-refractivity contribution < 1.29 is 28.2 Å². The summed E-state index contributed by atoms with van der Waals surface area (Å²) in [5, 5.41) is 6.12. The van der Waals surface area contributed by atoms with Gasteiger partial charge in [-0.25, -0.2) is 5.01 Å². The van der Waals surface area contributed by atoms with Gasteiger partial charge in [-0.1, -0.05) is 12.1 Å². The van der Waals surface area contributed by atoms with Gasteiger partial charge in [0.1, 0.15) is 11.5 Å². The molecule has 0 aliphatic carbocycles. The Balaban J connectivity index is 1.82. The maximum atomic E-state index is 13.4. The van der Waals surface area contributed by atoms with E-state index in [1.54, 1.807) is 52.7 Å². The first-order valence-electron chi connectivity index (χ1n) is 10.1. The van der Waals surface area contributed by atoms with Gasteiger partial charge in [-0.2, -0.15) is 5.10 Å². The summed E-state index contributed by atoms with van der Waals surface area (Å²) in [5.41, 5.74) is 2.21. The molecule has 172 valence electrons. The molecular formula is C24H23BrN2O6. The van der Waals surface area contributed by atoms with E-state index in [0.29, 0.717) is 39.8 Å². The van der Waals surface area contributed by atoms with Crippen molar-refractivity contribution in [2.75, 3.05) is 28.4 Å². The first-order chi connectivity index (χ1) is 16.0. The van der Waals surface area contributed by atoms with Crippen LogP contribution in [-0.2, 0) is 0 Å². The highest BCUT2D eigenvalue weighted by Gasteiger charge is 2.37. The predicted octanol–water partition coefficient (Wildman–Crippen LogP) is 5.07. The second-order valence-corrected chi connectivity index (χ2v) is 7.95. The van der Waals surface area contributed by atoms with Crippen LogP contribution in [0.5, 0.6) is 23.0 Å². The minimum Gasteiger partial charge on any atom is -0.497 e. The van der Waals surface area contributed by atoms with Gasteiger partial charge in [0.15, 0.2) is 21.9 Å². The number of nitrogens with zero attached hydrogens (tertiary/aromatic N) is 2. The van der Waals surface area contributed by atoms with Crippen LogP contribution in [0.4, 0.5) is 0 Å². The second kappa shape index (κ2) is 9.58. The largest absolute Gasteiger partial charge is 0.497 e. The Morgan fingerprint density at radius 2 is 1.79 bits per heavy atom. The van der Waals surface area contributed by atoms with Crippen LogP contribution in [-0.4, -0.2) is 45.1 Å². The fraction of sp³-hybridized carbons (Fsp3) is 0.250. The van der Waals surface area contributed by atoms with Crippen molar-refractivity contribution in [1.29, 1.82) is 0 Å². The third-order valence-corrected chi connectivity index (χ3v) is 5.84. The molecule has 3 aromatic rings. The number of furan rings is 1. The Morgan fingerprint density at radius 3 is 2.42 bits per heavy atom. The predicted molar refractivity (Wildman–Crippen MR) is 126 cm³/mol. The van der Waals surface area contributed by atoms with Crippen molar-refractivity contribution >= 4 is 27.5 Å². The summed E-state index contributed by atoms with van der Waals surface area (Å²) in [5.74, 6) is 2.16. The van der Waals surface area contributed by atoms with Crippen LogP contribution in [0.15, 0.2) is 62.7 Å². The van der Waals surface area contributed by atoms with Crippen LogP contribution in [0.3, 0.4) is 0 Å². The van der Waals surface area contributed by atoms with Crippen molar-refractivity contribution in [2.45, 2.75) is 12.5 Å². The van der Waals surface area contributed by atoms with Crippen molar-refractivity contribution in [3.63, 3.8) is 0 Å². The lowest BCUT2D eigenvalue weighted by atomic mass is 9.96. The molecule has 0 N–H and O–H groups in total. The lowest BCUT2D eigenvalue weighted by Gasteiger charge is -2.23. The maximum absolute atomic E-state index is 13.4. The third kappa shape index (κ3) is 4.28. The van der Waals surface area contributed by atoms with E-state index in [-0.39, 0.29) is 11.7 Å². The van der Waals surface area contributed by atoms with Crippen LogP contribution >= 0.6 is 15.9 Å². The number of hydrazone groups is 1. The summed E-state index contributed by atoms with van der Waals surface area (Å²) in [6.07, 6.45) is 0.430. The van der Waals surface area contributed by atoms with Crippen molar-refractivity contribution in [2.24, 2.45) is 5.10 Å². The summed E-state index contributed by atoms with van der Waals surface area (Å²) in [4.78, 5) is 13.4. The van der Waals surface area contributed by atoms with Gasteiger partial charge in [-0.05, 0) is 46.3 Å². The molecule has 33 heavy (non-hydrogen) atoms. The van der Waals surface area contributed by atoms with E-state index in [0.717, 1.165) is 11.1 Å². The standard InChI is InChI=1S/C24H23BrN2O6/c1-29-14-8-9-15(21(12-14)31-3)17-13-18(16-6-5-7-19(30-2)23(16)32-4)27(26-17)24(28)20-10-11-22(25)33-20/h5-12,18H,13H2,1-4H3/t18-/m0/s1. The number of halogens is 1.